The van der Waals surface area contributed by atoms with Gasteiger partial charge >= 0.3 is 0 Å². The van der Waals surface area contributed by atoms with Crippen molar-refractivity contribution in [3.8, 4) is 0 Å². The van der Waals surface area contributed by atoms with Crippen LogP contribution in [0.15, 0.2) is 64.6 Å². The molecule has 2 unspecified atom stereocenters. The normalized spacial score (nSPS) is 22.1. The number of hydrogen-bond acceptors (Lipinski definition) is 7. The van der Waals surface area contributed by atoms with Gasteiger partial charge in [-0.25, -0.2) is 14.3 Å². The van der Waals surface area contributed by atoms with Crippen LogP contribution >= 0.6 is 0 Å². The van der Waals surface area contributed by atoms with Gasteiger partial charge in [-0.3, -0.25) is 9.79 Å². The summed E-state index contributed by atoms with van der Waals surface area (Å²) in [6.07, 6.45) is 9.65. The zero-order valence-corrected chi connectivity index (χ0v) is 22.3. The zero-order valence-electron chi connectivity index (χ0n) is 22.3. The predicted octanol–water partition coefficient (Wildman–Crippen LogP) is 4.36. The Kier molecular flexibility index (Phi) is 6.61. The molecule has 4 heterocycles. The number of allylic oxidation sites excluding steroid dienone is 2. The first kappa shape index (κ1) is 24.6. The number of aromatic nitrogens is 4. The average molecular weight is 513 g/mol. The Morgan fingerprint density at radius 2 is 1.95 bits per heavy atom. The highest BCUT2D eigenvalue weighted by Crippen LogP contribution is 2.34. The average Bonchev–Trinajstić information content (AvgIpc) is 3.20. The fourth-order valence-electron chi connectivity index (χ4n) is 5.87. The molecule has 0 amide bonds. The molecule has 3 aromatic rings. The SMILES string of the molecule is C=CCn1c(=O)c2cnc(Nc3ccc(N4CCN(C)CC4)cc3)nc2n1C1CC=C2CCCC(C)C2=N1. The van der Waals surface area contributed by atoms with Crippen molar-refractivity contribution >= 4 is 34.1 Å². The Morgan fingerprint density at radius 3 is 2.71 bits per heavy atom. The van der Waals surface area contributed by atoms with Crippen LogP contribution < -0.4 is 15.8 Å². The van der Waals surface area contributed by atoms with E-state index in [4.69, 9.17) is 9.98 Å². The first-order valence-electron chi connectivity index (χ1n) is 13.7. The van der Waals surface area contributed by atoms with Gasteiger partial charge in [0, 0.05) is 55.9 Å². The number of fused-ring (bicyclic) bond motifs is 2. The lowest BCUT2D eigenvalue weighted by Gasteiger charge is -2.34. The van der Waals surface area contributed by atoms with E-state index >= 15 is 0 Å². The Hall–Kier alpha value is -3.72. The highest BCUT2D eigenvalue weighted by atomic mass is 16.1. The molecule has 6 rings (SSSR count). The summed E-state index contributed by atoms with van der Waals surface area (Å²) in [5.41, 5.74) is 5.15. The largest absolute Gasteiger partial charge is 0.369 e. The molecule has 0 spiro atoms. The van der Waals surface area contributed by atoms with Gasteiger partial charge in [-0.2, -0.15) is 4.98 Å². The second-order valence-electron chi connectivity index (χ2n) is 10.7. The third kappa shape index (κ3) is 4.55. The van der Waals surface area contributed by atoms with E-state index in [0.717, 1.165) is 51.1 Å². The molecule has 38 heavy (non-hydrogen) atoms. The van der Waals surface area contributed by atoms with E-state index in [1.165, 1.54) is 23.4 Å². The predicted molar refractivity (Wildman–Crippen MR) is 154 cm³/mol. The lowest BCUT2D eigenvalue weighted by molar-refractivity contribution is 0.313. The topological polar surface area (TPSA) is 83.6 Å². The summed E-state index contributed by atoms with van der Waals surface area (Å²) >= 11 is 0. The molecule has 198 valence electrons. The van der Waals surface area contributed by atoms with Crippen LogP contribution in [0.4, 0.5) is 17.3 Å². The van der Waals surface area contributed by atoms with Crippen LogP contribution in [0.5, 0.6) is 0 Å². The minimum Gasteiger partial charge on any atom is -0.369 e. The summed E-state index contributed by atoms with van der Waals surface area (Å²) in [4.78, 5) is 32.6. The Bertz CT molecular complexity index is 1460. The molecule has 2 fully saturated rings. The van der Waals surface area contributed by atoms with Crippen molar-refractivity contribution in [1.29, 1.82) is 0 Å². The highest BCUT2D eigenvalue weighted by molar-refractivity contribution is 6.02. The van der Waals surface area contributed by atoms with Crippen LogP contribution in [-0.2, 0) is 6.54 Å². The molecule has 9 nitrogen and oxygen atoms in total. The summed E-state index contributed by atoms with van der Waals surface area (Å²) in [6, 6.07) is 8.38. The van der Waals surface area contributed by atoms with Gasteiger partial charge in [0.2, 0.25) is 5.95 Å². The third-order valence-electron chi connectivity index (χ3n) is 8.03. The molecule has 2 aromatic heterocycles. The number of benzene rings is 1. The van der Waals surface area contributed by atoms with Crippen molar-refractivity contribution in [1.82, 2.24) is 24.2 Å². The van der Waals surface area contributed by atoms with Crippen LogP contribution in [0.1, 0.15) is 38.8 Å². The highest BCUT2D eigenvalue weighted by Gasteiger charge is 2.28. The van der Waals surface area contributed by atoms with Gasteiger partial charge in [0.25, 0.3) is 5.56 Å². The Labute approximate surface area is 223 Å². The lowest BCUT2D eigenvalue weighted by Crippen LogP contribution is -2.44. The maximum absolute atomic E-state index is 13.3. The van der Waals surface area contributed by atoms with E-state index in [9.17, 15) is 4.79 Å². The maximum Gasteiger partial charge on any atom is 0.278 e. The van der Waals surface area contributed by atoms with Gasteiger partial charge in [0.05, 0.1) is 6.54 Å². The second-order valence-corrected chi connectivity index (χ2v) is 10.7. The number of nitrogens with one attached hydrogen (secondary N) is 1. The van der Waals surface area contributed by atoms with Crippen molar-refractivity contribution in [2.45, 2.75) is 45.3 Å². The molecule has 9 heteroatoms. The van der Waals surface area contributed by atoms with Crippen LogP contribution in [0.25, 0.3) is 11.0 Å². The van der Waals surface area contributed by atoms with E-state index in [1.54, 1.807) is 17.0 Å². The Morgan fingerprint density at radius 1 is 1.16 bits per heavy atom. The fraction of sp³-hybridized carbons (Fsp3) is 0.448. The van der Waals surface area contributed by atoms with Crippen molar-refractivity contribution < 1.29 is 0 Å². The zero-order chi connectivity index (χ0) is 26.2. The van der Waals surface area contributed by atoms with Crippen LogP contribution in [0.3, 0.4) is 0 Å². The first-order chi connectivity index (χ1) is 18.5. The summed E-state index contributed by atoms with van der Waals surface area (Å²) < 4.78 is 3.65. The number of aliphatic imine (C=N–C) groups is 1. The minimum absolute atomic E-state index is 0.116. The number of piperazine rings is 1. The molecule has 1 aliphatic carbocycles. The van der Waals surface area contributed by atoms with E-state index in [-0.39, 0.29) is 11.7 Å². The molecule has 0 radical (unpaired) electrons. The van der Waals surface area contributed by atoms with E-state index < -0.39 is 0 Å². The summed E-state index contributed by atoms with van der Waals surface area (Å²) in [5.74, 6) is 0.889. The molecule has 2 atom stereocenters. The van der Waals surface area contributed by atoms with Crippen LogP contribution in [-0.4, -0.2) is 63.2 Å². The fourth-order valence-corrected chi connectivity index (χ4v) is 5.87. The molecular weight excluding hydrogens is 476 g/mol. The standard InChI is InChI=1S/C29H36N8O/c1-4-14-36-28(38)24-19-30-29(31-22-9-11-23(12-10-22)35-17-15-34(3)16-18-35)33-27(24)37(36)25-13-8-21-7-5-6-20(2)26(21)32-25/h4,8-12,19-20,25H,1,5-7,13-18H2,2-3H3,(H,30,31,33). The van der Waals surface area contributed by atoms with Crippen molar-refractivity contribution in [2.24, 2.45) is 10.9 Å². The van der Waals surface area contributed by atoms with Gasteiger partial charge in [-0.05, 0) is 62.1 Å². The molecule has 1 aromatic carbocycles. The molecule has 1 N–H and O–H groups in total. The van der Waals surface area contributed by atoms with Crippen molar-refractivity contribution in [2.75, 3.05) is 43.4 Å². The monoisotopic (exact) mass is 512 g/mol. The number of rotatable bonds is 6. The van der Waals surface area contributed by atoms with E-state index in [2.05, 4.69) is 71.0 Å². The molecule has 0 bridgehead atoms. The third-order valence-corrected chi connectivity index (χ3v) is 8.03. The van der Waals surface area contributed by atoms with Gasteiger partial charge < -0.3 is 15.1 Å². The number of hydrogen-bond donors (Lipinski definition) is 1. The maximum atomic E-state index is 13.3. The summed E-state index contributed by atoms with van der Waals surface area (Å²) in [6.45, 7) is 10.7. The number of likely N-dealkylation sites (N-methyl/N-ethyl adjacent to an activating group) is 1. The molecule has 3 aliphatic rings. The summed E-state index contributed by atoms with van der Waals surface area (Å²) in [5, 5.41) is 3.83. The van der Waals surface area contributed by atoms with Gasteiger partial charge in [0.1, 0.15) is 11.6 Å². The Balaban J connectivity index is 1.31. The quantitative estimate of drug-likeness (QED) is 0.494. The molecule has 2 aliphatic heterocycles. The lowest BCUT2D eigenvalue weighted by atomic mass is 9.83. The van der Waals surface area contributed by atoms with Crippen LogP contribution in [0.2, 0.25) is 0 Å². The number of nitrogens with zero attached hydrogens (tertiary/aromatic N) is 7. The number of dihydropyridines is 1. The van der Waals surface area contributed by atoms with Gasteiger partial charge in [0.15, 0.2) is 5.65 Å². The smallest absolute Gasteiger partial charge is 0.278 e. The van der Waals surface area contributed by atoms with Gasteiger partial charge in [-0.15, -0.1) is 6.58 Å². The van der Waals surface area contributed by atoms with Crippen LogP contribution in [0, 0.1) is 5.92 Å². The van der Waals surface area contributed by atoms with Crippen molar-refractivity contribution in [3.05, 3.63) is 65.1 Å². The van der Waals surface area contributed by atoms with E-state index in [1.807, 2.05) is 4.68 Å². The van der Waals surface area contributed by atoms with Gasteiger partial charge in [-0.1, -0.05) is 19.1 Å². The minimum atomic E-state index is -0.218. The number of anilines is 3. The van der Waals surface area contributed by atoms with E-state index in [0.29, 0.717) is 29.4 Å². The first-order valence-corrected chi connectivity index (χ1v) is 13.7. The second kappa shape index (κ2) is 10.2. The molecule has 1 saturated heterocycles. The van der Waals surface area contributed by atoms with Crippen molar-refractivity contribution in [3.63, 3.8) is 0 Å². The molecular formula is C29H36N8O. The molecule has 1 saturated carbocycles. The summed E-state index contributed by atoms with van der Waals surface area (Å²) in [7, 11) is 2.16.